The first-order valence-electron chi connectivity index (χ1n) is 18.3. The molecule has 57 heavy (non-hydrogen) atoms. The number of quaternary nitrogens is 1. The van der Waals surface area contributed by atoms with Crippen molar-refractivity contribution in [2.45, 2.75) is 18.9 Å². The van der Waals surface area contributed by atoms with Crippen LogP contribution in [0.1, 0.15) is 33.9 Å². The van der Waals surface area contributed by atoms with Gasteiger partial charge in [0, 0.05) is 197 Å². The van der Waals surface area contributed by atoms with E-state index in [1.54, 1.807) is 39.5 Å². The maximum atomic E-state index is 13.3. The van der Waals surface area contributed by atoms with Crippen LogP contribution in [-0.2, 0) is 6.42 Å². The van der Waals surface area contributed by atoms with Crippen LogP contribution in [0.5, 0.6) is 28.7 Å². The van der Waals surface area contributed by atoms with E-state index in [1.165, 1.54) is 0 Å². The number of hydrogen-bond acceptors (Lipinski definition) is 6. The number of hydrogen-bond donors (Lipinski definition) is 0. The molecule has 0 saturated heterocycles. The molecular weight excluding hydrogens is 794 g/mol. The highest BCUT2D eigenvalue weighted by molar-refractivity contribution is 8.25. The Hall–Kier alpha value is -0.512. The number of methoxy groups -OCH3 is 3. The van der Waals surface area contributed by atoms with Crippen LogP contribution in [0.3, 0.4) is 0 Å². The fourth-order valence-electron chi connectivity index (χ4n) is 8.27. The smallest absolute Gasteiger partial charge is 0.231 e. The van der Waals surface area contributed by atoms with Crippen LogP contribution >= 0.6 is 0 Å². The van der Waals surface area contributed by atoms with Crippen molar-refractivity contribution < 1.29 is 56.9 Å². The SMILES string of the molecule is COc1ccc(C(=O)CC2c3c(cc4c(c3OC)OCO4)CC[N+]2(C)C)cc1OC.[B]B([B])B(B([B])[B])B(B([B])[B])B(B(B([B])[B])B([B])[B])B(B([B])[B])B([B])[B].[I-]. The topological polar surface area (TPSA) is 63.2 Å². The molecule has 34 heteroatoms. The van der Waals surface area contributed by atoms with Crippen molar-refractivity contribution in [2.24, 2.45) is 0 Å². The zero-order chi connectivity index (χ0) is 42.4. The van der Waals surface area contributed by atoms with Gasteiger partial charge in [0.05, 0.1) is 54.0 Å². The van der Waals surface area contributed by atoms with Crippen molar-refractivity contribution in [1.82, 2.24) is 0 Å². The second-order valence-corrected chi connectivity index (χ2v) is 15.1. The van der Waals surface area contributed by atoms with Crippen molar-refractivity contribution >= 4 is 191 Å². The normalized spacial score (nSPS) is 14.0. The number of fused-ring (bicyclic) bond motifs is 2. The number of ketones is 1. The van der Waals surface area contributed by atoms with Gasteiger partial charge in [0.1, 0.15) is 6.04 Å². The van der Waals surface area contributed by atoms with Crippen molar-refractivity contribution in [2.75, 3.05) is 48.8 Å². The summed E-state index contributed by atoms with van der Waals surface area (Å²) in [6, 6.07) is 7.25. The van der Waals surface area contributed by atoms with Crippen molar-refractivity contribution in [1.29, 1.82) is 0 Å². The third-order valence-corrected chi connectivity index (χ3v) is 11.1. The maximum Gasteiger partial charge on any atom is 0.231 e. The van der Waals surface area contributed by atoms with E-state index in [0.29, 0.717) is 45.2 Å². The van der Waals surface area contributed by atoms with Crippen LogP contribution in [0.4, 0.5) is 0 Å². The number of ether oxygens (including phenoxy) is 5. The quantitative estimate of drug-likeness (QED) is 0.0685. The van der Waals surface area contributed by atoms with Gasteiger partial charge < -0.3 is 52.1 Å². The first kappa shape index (κ1) is 52.6. The predicted octanol–water partition coefficient (Wildman–Crippen LogP) is -9.51. The van der Waals surface area contributed by atoms with E-state index in [4.69, 9.17) is 132 Å². The van der Waals surface area contributed by atoms with Gasteiger partial charge in [0.2, 0.25) is 12.5 Å². The molecule has 28 radical (unpaired) electrons. The molecule has 2 aliphatic rings. The second-order valence-electron chi connectivity index (χ2n) is 15.1. The fourth-order valence-corrected chi connectivity index (χ4v) is 8.27. The van der Waals surface area contributed by atoms with Gasteiger partial charge in [-0.1, -0.05) is 0 Å². The lowest BCUT2D eigenvalue weighted by Gasteiger charge is -2.48. The first-order valence-corrected chi connectivity index (χ1v) is 18.3. The van der Waals surface area contributed by atoms with E-state index in [1.807, 2.05) is 6.07 Å². The van der Waals surface area contributed by atoms with Crippen LogP contribution in [0.15, 0.2) is 24.3 Å². The summed E-state index contributed by atoms with van der Waals surface area (Å²) in [6.07, 6.45) is -9.63. The highest BCUT2D eigenvalue weighted by atomic mass is 127. The molecule has 0 spiro atoms. The molecule has 0 bridgehead atoms. The molecule has 1 unspecified atom stereocenters. The molecule has 0 aliphatic carbocycles. The second kappa shape index (κ2) is 23.1. The predicted molar refractivity (Wildman–Crippen MR) is 261 cm³/mol. The fraction of sp³-hybridized carbons (Fsp3) is 0.435. The van der Waals surface area contributed by atoms with Crippen LogP contribution < -0.4 is 47.7 Å². The first-order chi connectivity index (χ1) is 26.1. The number of carbonyl (C=O) groups is 1. The third-order valence-electron chi connectivity index (χ3n) is 11.1. The van der Waals surface area contributed by atoms with Gasteiger partial charge in [-0.2, -0.15) is 0 Å². The molecule has 0 N–H and O–H groups in total. The summed E-state index contributed by atoms with van der Waals surface area (Å²) in [5.74, 6) is 3.20. The average molecular weight is 822 g/mol. The van der Waals surface area contributed by atoms with Gasteiger partial charge in [-0.25, -0.2) is 0 Å². The van der Waals surface area contributed by atoms with Crippen molar-refractivity contribution in [3.63, 3.8) is 0 Å². The van der Waals surface area contributed by atoms with E-state index in [-0.39, 0.29) is 42.6 Å². The lowest BCUT2D eigenvalue weighted by Crippen LogP contribution is -3.00. The van der Waals surface area contributed by atoms with Gasteiger partial charge in [-0.3, -0.25) is 4.79 Å². The molecule has 2 heterocycles. The van der Waals surface area contributed by atoms with Gasteiger partial charge in [-0.15, -0.1) is 0 Å². The molecule has 0 saturated carbocycles. The summed E-state index contributed by atoms with van der Waals surface area (Å²) in [7, 11) is 91.9. The Morgan fingerprint density at radius 3 is 1.58 bits per heavy atom. The van der Waals surface area contributed by atoms with E-state index < -0.39 is 76.6 Å². The maximum absolute atomic E-state index is 13.3. The summed E-state index contributed by atoms with van der Waals surface area (Å²) >= 11 is 0. The van der Waals surface area contributed by atoms with Crippen LogP contribution in [-0.4, -0.2) is 244 Å². The Morgan fingerprint density at radius 1 is 0.667 bits per heavy atom. The summed E-state index contributed by atoms with van der Waals surface area (Å²) in [5, 5.41) is 0. The number of benzene rings is 2. The van der Waals surface area contributed by atoms with Gasteiger partial charge >= 0.3 is 0 Å². The molecule has 7 nitrogen and oxygen atoms in total. The minimum absolute atomic E-state index is 0. The summed E-state index contributed by atoms with van der Waals surface area (Å²) in [5.41, 5.74) is 2.78. The highest BCUT2D eigenvalue weighted by Crippen LogP contribution is 2.51. The lowest BCUT2D eigenvalue weighted by molar-refractivity contribution is -0.922. The molecule has 1 atom stereocenters. The standard InChI is InChI=1S/C23H28NO6.B26.HI/c1-24(2)9-8-15-11-20-22(30-13-29-20)23(28-5)21(15)16(24)12-17(25)14-6-7-18(26-3)19(10-14)27-4;1-15(2)22(16(3)4)25(21(13)14)26(23(17(5)6)18(7)8)24(19(9)10)20(11)12;/h6-7,10-11,16H,8-9,12-13H2,1-5H3;;1H/q+1;;/p-1. The Labute approximate surface area is 382 Å². The van der Waals surface area contributed by atoms with Gasteiger partial charge in [-0.05, 0) is 29.8 Å². The molecule has 0 aromatic heterocycles. The minimum Gasteiger partial charge on any atom is -1.00 e. The molecule has 2 aliphatic heterocycles. The number of rotatable bonds is 17. The van der Waals surface area contributed by atoms with Gasteiger partial charge in [0.15, 0.2) is 28.8 Å². The molecule has 2 aromatic carbocycles. The highest BCUT2D eigenvalue weighted by Gasteiger charge is 2.50. The number of Topliss-reactive ketones (excluding diaryl/α,β-unsaturated/α-hetero) is 1. The Morgan fingerprint density at radius 2 is 1.14 bits per heavy atom. The third kappa shape index (κ3) is 12.5. The number of likely N-dealkylation sites (N-methyl/N-ethyl adjacent to an activating group) is 1. The Bertz CT molecular complexity index is 1570. The van der Waals surface area contributed by atoms with Crippen LogP contribution in [0.25, 0.3) is 0 Å². The molecule has 246 valence electrons. The Kier molecular flexibility index (Phi) is 21.3. The zero-order valence-corrected chi connectivity index (χ0v) is 35.7. The van der Waals surface area contributed by atoms with E-state index in [9.17, 15) is 4.79 Å². The Balaban J connectivity index is 0.000000392. The largest absolute Gasteiger partial charge is 1.00 e. The molecule has 0 amide bonds. The van der Waals surface area contributed by atoms with Crippen molar-refractivity contribution in [3.8, 4) is 28.7 Å². The minimum atomic E-state index is -1.02. The average Bonchev–Trinajstić information content (AvgIpc) is 3.57. The number of halogens is 1. The van der Waals surface area contributed by atoms with E-state index in [2.05, 4.69) is 14.1 Å². The van der Waals surface area contributed by atoms with E-state index >= 15 is 0 Å². The van der Waals surface area contributed by atoms with E-state index in [0.717, 1.165) is 24.1 Å². The zero-order valence-electron chi connectivity index (χ0n) is 33.5. The van der Waals surface area contributed by atoms with Crippen LogP contribution in [0, 0.1) is 0 Å². The lowest BCUT2D eigenvalue weighted by atomic mass is 8.34. The number of carbonyl (C=O) groups excluding carboxylic acids is 1. The molecule has 0 fully saturated rings. The van der Waals surface area contributed by atoms with Crippen LogP contribution in [0.2, 0.25) is 0 Å². The van der Waals surface area contributed by atoms with Gasteiger partial charge in [0.25, 0.3) is 0 Å². The molecule has 4 rings (SSSR count). The summed E-state index contributed by atoms with van der Waals surface area (Å²) in [6.45, 7) is 1.10. The summed E-state index contributed by atoms with van der Waals surface area (Å²) < 4.78 is 28.4. The molecule has 2 aromatic rings. The summed E-state index contributed by atoms with van der Waals surface area (Å²) in [4.78, 5) is 13.3. The molecular formula is C23H28B26INO6. The number of nitrogens with zero attached hydrogens (tertiary/aromatic N) is 1. The monoisotopic (exact) mass is 827 g/mol. The van der Waals surface area contributed by atoms with Crippen molar-refractivity contribution in [3.05, 3.63) is 41.0 Å².